The lowest BCUT2D eigenvalue weighted by Gasteiger charge is -2.26. The number of hydrogen-bond acceptors (Lipinski definition) is 4. The molecule has 1 saturated heterocycles. The highest BCUT2D eigenvalue weighted by molar-refractivity contribution is 5.17. The number of ether oxygens (including phenoxy) is 1. The third kappa shape index (κ3) is 3.47. The van der Waals surface area contributed by atoms with Gasteiger partial charge in [-0.15, -0.1) is 0 Å². The van der Waals surface area contributed by atoms with Crippen LogP contribution in [0.25, 0.3) is 0 Å². The van der Waals surface area contributed by atoms with Crippen molar-refractivity contribution in [3.63, 3.8) is 0 Å². The van der Waals surface area contributed by atoms with Crippen molar-refractivity contribution in [1.82, 2.24) is 9.88 Å². The Kier molecular flexibility index (Phi) is 4.13. The molecule has 0 radical (unpaired) electrons. The number of rotatable bonds is 4. The molecule has 0 atom stereocenters. The third-order valence-corrected chi connectivity index (χ3v) is 2.82. The lowest BCUT2D eigenvalue weighted by Crippen LogP contribution is -2.36. The fraction of sp³-hybridized carbons (Fsp3) is 0.583. The summed E-state index contributed by atoms with van der Waals surface area (Å²) in [5.74, 6) is 0.233. The summed E-state index contributed by atoms with van der Waals surface area (Å²) in [5, 5.41) is 9.10. The predicted octanol–water partition coefficient (Wildman–Crippen LogP) is 1.05. The summed E-state index contributed by atoms with van der Waals surface area (Å²) in [6.07, 6.45) is 3.58. The molecule has 0 saturated carbocycles. The Labute approximate surface area is 95.9 Å². The van der Waals surface area contributed by atoms with Gasteiger partial charge in [-0.2, -0.15) is 0 Å². The Balaban J connectivity index is 1.69. The van der Waals surface area contributed by atoms with Crippen molar-refractivity contribution in [3.05, 3.63) is 24.0 Å². The molecule has 1 aromatic rings. The number of morpholine rings is 1. The zero-order chi connectivity index (χ0) is 11.2. The van der Waals surface area contributed by atoms with Crippen molar-refractivity contribution in [1.29, 1.82) is 0 Å². The van der Waals surface area contributed by atoms with Crippen LogP contribution in [0.1, 0.15) is 12.1 Å². The van der Waals surface area contributed by atoms with Gasteiger partial charge in [0.1, 0.15) is 5.75 Å². The van der Waals surface area contributed by atoms with E-state index in [4.69, 9.17) is 9.84 Å². The van der Waals surface area contributed by atoms with Crippen molar-refractivity contribution in [3.8, 4) is 5.75 Å². The maximum absolute atomic E-state index is 9.10. The fourth-order valence-corrected chi connectivity index (χ4v) is 1.87. The highest BCUT2D eigenvalue weighted by Crippen LogP contribution is 2.08. The Hall–Kier alpha value is -1.13. The summed E-state index contributed by atoms with van der Waals surface area (Å²) < 4.78 is 5.30. The monoisotopic (exact) mass is 222 g/mol. The van der Waals surface area contributed by atoms with Crippen molar-refractivity contribution in [2.75, 3.05) is 32.8 Å². The van der Waals surface area contributed by atoms with E-state index in [1.54, 1.807) is 6.07 Å². The first-order valence-corrected chi connectivity index (χ1v) is 5.78. The van der Waals surface area contributed by atoms with E-state index in [0.29, 0.717) is 0 Å². The van der Waals surface area contributed by atoms with Crippen LogP contribution < -0.4 is 0 Å². The van der Waals surface area contributed by atoms with E-state index in [9.17, 15) is 0 Å². The minimum atomic E-state index is 0.233. The molecule has 2 rings (SSSR count). The molecule has 1 N–H and O–H groups in total. The molecule has 0 amide bonds. The largest absolute Gasteiger partial charge is 0.506 e. The van der Waals surface area contributed by atoms with E-state index in [1.807, 2.05) is 6.07 Å². The van der Waals surface area contributed by atoms with E-state index in [0.717, 1.165) is 51.4 Å². The van der Waals surface area contributed by atoms with Crippen LogP contribution in [0.2, 0.25) is 0 Å². The van der Waals surface area contributed by atoms with Gasteiger partial charge < -0.3 is 9.84 Å². The van der Waals surface area contributed by atoms with Gasteiger partial charge in [0.05, 0.1) is 19.4 Å². The van der Waals surface area contributed by atoms with Gasteiger partial charge in [0, 0.05) is 18.8 Å². The Morgan fingerprint density at radius 1 is 1.31 bits per heavy atom. The normalized spacial score (nSPS) is 17.5. The van der Waals surface area contributed by atoms with Crippen LogP contribution in [0.5, 0.6) is 5.75 Å². The first kappa shape index (κ1) is 11.4. The maximum atomic E-state index is 9.10. The van der Waals surface area contributed by atoms with Gasteiger partial charge in [-0.1, -0.05) is 0 Å². The number of hydrogen-bond donors (Lipinski definition) is 1. The number of aromatic nitrogens is 1. The molecule has 2 heterocycles. The number of nitrogens with zero attached hydrogens (tertiary/aromatic N) is 2. The first-order valence-electron chi connectivity index (χ1n) is 5.78. The molecule has 0 unspecified atom stereocenters. The van der Waals surface area contributed by atoms with Crippen molar-refractivity contribution >= 4 is 0 Å². The second-order valence-electron chi connectivity index (χ2n) is 4.07. The predicted molar refractivity (Wildman–Crippen MR) is 61.5 cm³/mol. The molecule has 0 bridgehead atoms. The van der Waals surface area contributed by atoms with Gasteiger partial charge in [0.15, 0.2) is 0 Å². The maximum Gasteiger partial charge on any atom is 0.133 e. The first-order chi connectivity index (χ1) is 7.84. The molecule has 0 aliphatic carbocycles. The van der Waals surface area contributed by atoms with Crippen LogP contribution in [0.15, 0.2) is 18.3 Å². The molecule has 1 aromatic heterocycles. The highest BCUT2D eigenvalue weighted by atomic mass is 16.5. The lowest BCUT2D eigenvalue weighted by atomic mass is 10.2. The Morgan fingerprint density at radius 2 is 2.12 bits per heavy atom. The molecule has 4 nitrogen and oxygen atoms in total. The molecule has 16 heavy (non-hydrogen) atoms. The van der Waals surface area contributed by atoms with Crippen LogP contribution in [0.4, 0.5) is 0 Å². The summed E-state index contributed by atoms with van der Waals surface area (Å²) in [6, 6.07) is 3.58. The smallest absolute Gasteiger partial charge is 0.133 e. The molecule has 1 fully saturated rings. The van der Waals surface area contributed by atoms with Crippen LogP contribution in [0.3, 0.4) is 0 Å². The average molecular weight is 222 g/mol. The van der Waals surface area contributed by atoms with Gasteiger partial charge in [-0.3, -0.25) is 9.88 Å². The van der Waals surface area contributed by atoms with Gasteiger partial charge >= 0.3 is 0 Å². The molecule has 0 spiro atoms. The van der Waals surface area contributed by atoms with Crippen molar-refractivity contribution in [2.45, 2.75) is 12.8 Å². The van der Waals surface area contributed by atoms with E-state index >= 15 is 0 Å². The molecular weight excluding hydrogens is 204 g/mol. The summed E-state index contributed by atoms with van der Waals surface area (Å²) in [5.41, 5.74) is 1.05. The zero-order valence-corrected chi connectivity index (χ0v) is 9.43. The minimum Gasteiger partial charge on any atom is -0.506 e. The van der Waals surface area contributed by atoms with Gasteiger partial charge in [0.25, 0.3) is 0 Å². The minimum absolute atomic E-state index is 0.233. The highest BCUT2D eigenvalue weighted by Gasteiger charge is 2.09. The van der Waals surface area contributed by atoms with Gasteiger partial charge in [-0.25, -0.2) is 0 Å². The summed E-state index contributed by atoms with van der Waals surface area (Å²) in [4.78, 5) is 6.59. The molecular formula is C12H18N2O2. The van der Waals surface area contributed by atoms with Crippen LogP contribution in [-0.2, 0) is 11.2 Å². The van der Waals surface area contributed by atoms with Crippen LogP contribution in [-0.4, -0.2) is 47.8 Å². The van der Waals surface area contributed by atoms with Gasteiger partial charge in [0.2, 0.25) is 0 Å². The summed E-state index contributed by atoms with van der Waals surface area (Å²) >= 11 is 0. The van der Waals surface area contributed by atoms with Crippen LogP contribution in [0, 0.1) is 0 Å². The molecule has 4 heteroatoms. The topological polar surface area (TPSA) is 45.6 Å². The second-order valence-corrected chi connectivity index (χ2v) is 4.07. The SMILES string of the molecule is Oc1ccc(CCCN2CCOCC2)nc1. The molecule has 88 valence electrons. The second kappa shape index (κ2) is 5.82. The van der Waals surface area contributed by atoms with E-state index in [-0.39, 0.29) is 5.75 Å². The fourth-order valence-electron chi connectivity index (χ4n) is 1.87. The quantitative estimate of drug-likeness (QED) is 0.827. The lowest BCUT2D eigenvalue weighted by molar-refractivity contribution is 0.0374. The van der Waals surface area contributed by atoms with Gasteiger partial charge in [-0.05, 0) is 31.5 Å². The average Bonchev–Trinajstić information content (AvgIpc) is 2.33. The number of aromatic hydroxyl groups is 1. The molecule has 1 aliphatic heterocycles. The molecule has 1 aliphatic rings. The van der Waals surface area contributed by atoms with Crippen molar-refractivity contribution in [2.24, 2.45) is 0 Å². The third-order valence-electron chi connectivity index (χ3n) is 2.82. The van der Waals surface area contributed by atoms with Crippen molar-refractivity contribution < 1.29 is 9.84 Å². The summed E-state index contributed by atoms with van der Waals surface area (Å²) in [7, 11) is 0. The van der Waals surface area contributed by atoms with E-state index in [1.165, 1.54) is 6.20 Å². The molecule has 0 aromatic carbocycles. The van der Waals surface area contributed by atoms with E-state index < -0.39 is 0 Å². The Morgan fingerprint density at radius 3 is 2.81 bits per heavy atom. The van der Waals surface area contributed by atoms with E-state index in [2.05, 4.69) is 9.88 Å². The standard InChI is InChI=1S/C12H18N2O2/c15-12-4-3-11(13-10-12)2-1-5-14-6-8-16-9-7-14/h3-4,10,15H,1-2,5-9H2. The Bertz CT molecular complexity index is 307. The zero-order valence-electron chi connectivity index (χ0n) is 9.43. The number of aryl methyl sites for hydroxylation is 1. The summed E-state index contributed by atoms with van der Waals surface area (Å²) in [6.45, 7) is 4.91. The number of pyridine rings is 1. The van der Waals surface area contributed by atoms with Crippen LogP contribution >= 0.6 is 0 Å².